The second kappa shape index (κ2) is 8.48. The molecule has 5 heteroatoms. The van der Waals surface area contributed by atoms with Crippen molar-refractivity contribution in [3.05, 3.63) is 65.0 Å². The quantitative estimate of drug-likeness (QED) is 0.723. The second-order valence-corrected chi connectivity index (χ2v) is 9.19. The first-order valence-corrected chi connectivity index (χ1v) is 11.1. The smallest absolute Gasteiger partial charge is 0.279 e. The number of aliphatic hydroxyl groups is 1. The summed E-state index contributed by atoms with van der Waals surface area (Å²) in [6, 6.07) is 12.6. The molecule has 30 heavy (non-hydrogen) atoms. The molecule has 1 aliphatic heterocycles. The van der Waals surface area contributed by atoms with Crippen molar-refractivity contribution in [1.29, 1.82) is 0 Å². The van der Waals surface area contributed by atoms with Crippen LogP contribution in [0.15, 0.2) is 42.5 Å². The van der Waals surface area contributed by atoms with Crippen LogP contribution >= 0.6 is 0 Å². The van der Waals surface area contributed by atoms with Crippen molar-refractivity contribution in [3.63, 3.8) is 0 Å². The third kappa shape index (κ3) is 4.28. The number of amides is 1. The van der Waals surface area contributed by atoms with Gasteiger partial charge in [-0.2, -0.15) is 0 Å². The number of hydrogen-bond donors (Lipinski definition) is 3. The maximum atomic E-state index is 13.6. The lowest BCUT2D eigenvalue weighted by Crippen LogP contribution is -3.16. The second-order valence-electron chi connectivity index (χ2n) is 9.19. The fourth-order valence-corrected chi connectivity index (χ4v) is 5.54. The molecule has 2 fully saturated rings. The topological polar surface area (TPSA) is 53.8 Å². The van der Waals surface area contributed by atoms with Crippen LogP contribution in [0.1, 0.15) is 54.8 Å². The van der Waals surface area contributed by atoms with Crippen molar-refractivity contribution >= 4 is 11.6 Å². The van der Waals surface area contributed by atoms with Gasteiger partial charge in [0, 0.05) is 23.6 Å². The van der Waals surface area contributed by atoms with Crippen molar-refractivity contribution in [2.24, 2.45) is 5.92 Å². The first kappa shape index (κ1) is 21.0. The van der Waals surface area contributed by atoms with Gasteiger partial charge in [-0.05, 0) is 50.5 Å². The van der Waals surface area contributed by atoms with Gasteiger partial charge >= 0.3 is 0 Å². The molecule has 1 saturated carbocycles. The van der Waals surface area contributed by atoms with Crippen LogP contribution in [0.4, 0.5) is 10.1 Å². The number of rotatable bonds is 4. The molecule has 2 aromatic rings. The zero-order chi connectivity index (χ0) is 21.3. The minimum Gasteiger partial charge on any atom is -0.389 e. The Hall–Kier alpha value is -2.24. The Morgan fingerprint density at radius 3 is 2.67 bits per heavy atom. The summed E-state index contributed by atoms with van der Waals surface area (Å²) in [6.07, 6.45) is 4.61. The van der Waals surface area contributed by atoms with E-state index in [9.17, 15) is 14.3 Å². The predicted molar refractivity (Wildman–Crippen MR) is 116 cm³/mol. The van der Waals surface area contributed by atoms with Crippen LogP contribution in [0.25, 0.3) is 0 Å². The van der Waals surface area contributed by atoms with Crippen LogP contribution in [0, 0.1) is 25.6 Å². The van der Waals surface area contributed by atoms with E-state index in [1.165, 1.54) is 17.7 Å². The molecule has 4 atom stereocenters. The SMILES string of the molecule is Cc1ccc(NC(=O)C[NH+]2CC[C@@]3(O)CCCC[C@@H]3[C@@H]2c2ccc(F)cc2)c(C)c1. The number of halogens is 1. The molecule has 1 heterocycles. The van der Waals surface area contributed by atoms with Gasteiger partial charge in [-0.25, -0.2) is 4.39 Å². The van der Waals surface area contributed by atoms with Gasteiger partial charge in [0.2, 0.25) is 0 Å². The molecule has 160 valence electrons. The van der Waals surface area contributed by atoms with Crippen LogP contribution in [0.2, 0.25) is 0 Å². The highest BCUT2D eigenvalue weighted by molar-refractivity contribution is 5.92. The Bertz CT molecular complexity index is 914. The molecule has 1 aliphatic carbocycles. The van der Waals surface area contributed by atoms with E-state index < -0.39 is 5.60 Å². The molecule has 0 radical (unpaired) electrons. The summed E-state index contributed by atoms with van der Waals surface area (Å²) in [7, 11) is 0. The van der Waals surface area contributed by atoms with Crippen LogP contribution in [0.3, 0.4) is 0 Å². The number of benzene rings is 2. The minimum absolute atomic E-state index is 0.00508. The molecule has 2 aliphatic rings. The van der Waals surface area contributed by atoms with E-state index in [1.54, 1.807) is 0 Å². The minimum atomic E-state index is -0.676. The molecule has 1 saturated heterocycles. The Morgan fingerprint density at radius 2 is 1.93 bits per heavy atom. The van der Waals surface area contributed by atoms with Crippen molar-refractivity contribution in [2.75, 3.05) is 18.4 Å². The number of likely N-dealkylation sites (tertiary alicyclic amines) is 1. The van der Waals surface area contributed by atoms with E-state index in [2.05, 4.69) is 11.4 Å². The average molecular weight is 412 g/mol. The highest BCUT2D eigenvalue weighted by Crippen LogP contribution is 2.44. The van der Waals surface area contributed by atoms with Gasteiger partial charge < -0.3 is 15.3 Å². The fourth-order valence-electron chi connectivity index (χ4n) is 5.54. The molecule has 4 rings (SSSR count). The van der Waals surface area contributed by atoms with Gasteiger partial charge in [-0.1, -0.05) is 42.7 Å². The molecule has 0 spiro atoms. The molecule has 4 nitrogen and oxygen atoms in total. The highest BCUT2D eigenvalue weighted by Gasteiger charge is 2.51. The number of piperidine rings is 1. The highest BCUT2D eigenvalue weighted by atomic mass is 19.1. The molecule has 2 aromatic carbocycles. The van der Waals surface area contributed by atoms with Crippen LogP contribution < -0.4 is 10.2 Å². The number of carbonyl (C=O) groups is 1. The molecule has 0 aromatic heterocycles. The summed E-state index contributed by atoms with van der Waals surface area (Å²) in [5.41, 5.74) is 3.39. The van der Waals surface area contributed by atoms with Crippen molar-refractivity contribution in [2.45, 2.75) is 57.6 Å². The zero-order valence-electron chi connectivity index (χ0n) is 17.9. The van der Waals surface area contributed by atoms with E-state index in [-0.39, 0.29) is 23.7 Å². The van der Waals surface area contributed by atoms with E-state index in [0.717, 1.165) is 53.9 Å². The molecule has 0 bridgehead atoms. The third-order valence-electron chi connectivity index (χ3n) is 7.06. The summed E-state index contributed by atoms with van der Waals surface area (Å²) in [5.74, 6) is -0.192. The van der Waals surface area contributed by atoms with E-state index in [1.807, 2.05) is 38.1 Å². The van der Waals surface area contributed by atoms with E-state index >= 15 is 0 Å². The van der Waals surface area contributed by atoms with Crippen molar-refractivity contribution in [3.8, 4) is 0 Å². The summed E-state index contributed by atoms with van der Waals surface area (Å²) < 4.78 is 13.6. The maximum absolute atomic E-state index is 13.6. The monoisotopic (exact) mass is 411 g/mol. The summed E-state index contributed by atoms with van der Waals surface area (Å²) in [5, 5.41) is 14.4. The van der Waals surface area contributed by atoms with Gasteiger partial charge in [0.05, 0.1) is 12.1 Å². The number of aryl methyl sites for hydroxylation is 2. The van der Waals surface area contributed by atoms with Crippen LogP contribution in [-0.4, -0.2) is 29.7 Å². The molecular formula is C25H32FN2O2+. The largest absolute Gasteiger partial charge is 0.389 e. The first-order valence-electron chi connectivity index (χ1n) is 11.1. The number of anilines is 1. The van der Waals surface area contributed by atoms with E-state index in [0.29, 0.717) is 13.0 Å². The van der Waals surface area contributed by atoms with Gasteiger partial charge in [-0.15, -0.1) is 0 Å². The van der Waals surface area contributed by atoms with Crippen molar-refractivity contribution in [1.82, 2.24) is 0 Å². The number of nitrogens with one attached hydrogen (secondary N) is 2. The summed E-state index contributed by atoms with van der Waals surface area (Å²) in [6.45, 7) is 5.10. The normalized spacial score (nSPS) is 28.6. The average Bonchev–Trinajstić information content (AvgIpc) is 2.71. The summed E-state index contributed by atoms with van der Waals surface area (Å²) in [4.78, 5) is 14.1. The number of fused-ring (bicyclic) bond motifs is 1. The fraction of sp³-hybridized carbons (Fsp3) is 0.480. The van der Waals surface area contributed by atoms with Crippen molar-refractivity contribution < 1.29 is 19.2 Å². The molecule has 3 N–H and O–H groups in total. The molecular weight excluding hydrogens is 379 g/mol. The summed E-state index contributed by atoms with van der Waals surface area (Å²) >= 11 is 0. The van der Waals surface area contributed by atoms with Crippen LogP contribution in [0.5, 0.6) is 0 Å². The molecule has 1 unspecified atom stereocenters. The first-order chi connectivity index (χ1) is 14.4. The molecule has 1 amide bonds. The van der Waals surface area contributed by atoms with Gasteiger partial charge in [-0.3, -0.25) is 4.79 Å². The van der Waals surface area contributed by atoms with E-state index in [4.69, 9.17) is 0 Å². The Labute approximate surface area is 178 Å². The lowest BCUT2D eigenvalue weighted by Gasteiger charge is -2.50. The van der Waals surface area contributed by atoms with Gasteiger partial charge in [0.25, 0.3) is 5.91 Å². The predicted octanol–water partition coefficient (Wildman–Crippen LogP) is 3.33. The third-order valence-corrected chi connectivity index (χ3v) is 7.06. The number of hydrogen-bond acceptors (Lipinski definition) is 2. The Kier molecular flexibility index (Phi) is 5.94. The standard InChI is InChI=1S/C25H31FN2O2/c1-17-6-11-22(18(2)15-17)27-23(29)16-28-14-13-25(30)12-4-3-5-21(25)24(28)19-7-9-20(26)10-8-19/h6-11,15,21,24,30H,3-5,12-14,16H2,1-2H3,(H,27,29)/p+1/t21-,24+,25+/m1/s1. The number of quaternary nitrogens is 1. The number of carbonyl (C=O) groups excluding carboxylic acids is 1. The zero-order valence-corrected chi connectivity index (χ0v) is 17.9. The lowest BCUT2D eigenvalue weighted by molar-refractivity contribution is -0.937. The van der Waals surface area contributed by atoms with Gasteiger partial charge in [0.1, 0.15) is 11.9 Å². The Morgan fingerprint density at radius 1 is 1.17 bits per heavy atom. The maximum Gasteiger partial charge on any atom is 0.279 e. The van der Waals surface area contributed by atoms with Gasteiger partial charge in [0.15, 0.2) is 6.54 Å². The van der Waals surface area contributed by atoms with Crippen LogP contribution in [-0.2, 0) is 4.79 Å². The Balaban J connectivity index is 1.57. The lowest BCUT2D eigenvalue weighted by atomic mass is 9.66.